The third kappa shape index (κ3) is 3.05. The monoisotopic (exact) mass is 310 g/mol. The van der Waals surface area contributed by atoms with Crippen LogP contribution in [0.4, 0.5) is 5.69 Å². The van der Waals surface area contributed by atoms with E-state index in [0.29, 0.717) is 28.0 Å². The quantitative estimate of drug-likeness (QED) is 0.868. The summed E-state index contributed by atoms with van der Waals surface area (Å²) in [7, 11) is 3.09. The van der Waals surface area contributed by atoms with Gasteiger partial charge in [0.15, 0.2) is 11.5 Å². The van der Waals surface area contributed by atoms with Gasteiger partial charge in [0.2, 0.25) is 0 Å². The lowest BCUT2D eigenvalue weighted by Gasteiger charge is -2.37. The Labute approximate surface area is 129 Å². The molecule has 0 aromatic heterocycles. The lowest BCUT2D eigenvalue weighted by Crippen LogP contribution is -2.48. The predicted molar refractivity (Wildman–Crippen MR) is 86.4 cm³/mol. The topological polar surface area (TPSA) is 64.8 Å². The van der Waals surface area contributed by atoms with Crippen LogP contribution in [0, 0.1) is 0 Å². The maximum absolute atomic E-state index is 12.8. The van der Waals surface area contributed by atoms with Crippen molar-refractivity contribution < 1.29 is 14.3 Å². The molecular formula is C15H22N2O3S. The first-order valence-corrected chi connectivity index (χ1v) is 7.98. The van der Waals surface area contributed by atoms with Gasteiger partial charge in [-0.05, 0) is 13.0 Å². The smallest absolute Gasteiger partial charge is 0.256 e. The highest BCUT2D eigenvalue weighted by atomic mass is 32.2. The van der Waals surface area contributed by atoms with E-state index < -0.39 is 0 Å². The van der Waals surface area contributed by atoms with E-state index in [2.05, 4.69) is 13.8 Å². The van der Waals surface area contributed by atoms with E-state index in [1.54, 1.807) is 26.4 Å². The summed E-state index contributed by atoms with van der Waals surface area (Å²) >= 11 is 1.89. The first kappa shape index (κ1) is 15.8. The Morgan fingerprint density at radius 2 is 1.90 bits per heavy atom. The van der Waals surface area contributed by atoms with Crippen LogP contribution in [0.5, 0.6) is 11.5 Å². The fourth-order valence-electron chi connectivity index (χ4n) is 2.45. The van der Waals surface area contributed by atoms with Gasteiger partial charge in [0.05, 0.1) is 19.8 Å². The average Bonchev–Trinajstić information content (AvgIpc) is 2.49. The minimum atomic E-state index is -0.0481. The molecule has 116 valence electrons. The van der Waals surface area contributed by atoms with Gasteiger partial charge in [0.1, 0.15) is 0 Å². The molecule has 0 bridgehead atoms. The fourth-order valence-corrected chi connectivity index (χ4v) is 3.55. The highest BCUT2D eigenvalue weighted by molar-refractivity contribution is 8.00. The third-order valence-electron chi connectivity index (χ3n) is 3.93. The van der Waals surface area contributed by atoms with Crippen molar-refractivity contribution in [3.63, 3.8) is 0 Å². The second kappa shape index (κ2) is 6.47. The van der Waals surface area contributed by atoms with E-state index in [1.807, 2.05) is 16.7 Å². The molecule has 21 heavy (non-hydrogen) atoms. The molecule has 2 rings (SSSR count). The van der Waals surface area contributed by atoms with E-state index in [0.717, 1.165) is 12.3 Å². The highest BCUT2D eigenvalue weighted by Crippen LogP contribution is 2.34. The number of carbonyl (C=O) groups excluding carboxylic acids is 1. The van der Waals surface area contributed by atoms with Crippen LogP contribution in [0.1, 0.15) is 24.2 Å². The molecule has 6 heteroatoms. The lowest BCUT2D eigenvalue weighted by molar-refractivity contribution is 0.0699. The van der Waals surface area contributed by atoms with Gasteiger partial charge in [-0.25, -0.2) is 0 Å². The van der Waals surface area contributed by atoms with Crippen LogP contribution in [-0.2, 0) is 0 Å². The maximum Gasteiger partial charge on any atom is 0.256 e. The molecule has 1 amide bonds. The molecule has 2 atom stereocenters. The number of hydrogen-bond donors (Lipinski definition) is 1. The molecule has 1 heterocycles. The van der Waals surface area contributed by atoms with Gasteiger partial charge in [-0.2, -0.15) is 11.8 Å². The van der Waals surface area contributed by atoms with Gasteiger partial charge in [0, 0.05) is 35.3 Å². The molecule has 1 fully saturated rings. The van der Waals surface area contributed by atoms with Crippen LogP contribution in [0.25, 0.3) is 0 Å². The predicted octanol–water partition coefficient (Wildman–Crippen LogP) is 2.25. The number of rotatable bonds is 3. The SMILES string of the molecule is COc1cc(N)c(C(=O)N2CCSC(C)C2C)cc1OC. The minimum absolute atomic E-state index is 0.0481. The number of carbonyl (C=O) groups is 1. The Morgan fingerprint density at radius 3 is 2.52 bits per heavy atom. The number of hydrogen-bond acceptors (Lipinski definition) is 5. The van der Waals surface area contributed by atoms with Crippen molar-refractivity contribution >= 4 is 23.4 Å². The summed E-state index contributed by atoms with van der Waals surface area (Å²) in [5.74, 6) is 1.95. The van der Waals surface area contributed by atoms with Gasteiger partial charge < -0.3 is 20.1 Å². The Bertz CT molecular complexity index is 536. The average molecular weight is 310 g/mol. The number of anilines is 1. The second-order valence-electron chi connectivity index (χ2n) is 5.11. The number of nitrogen functional groups attached to an aromatic ring is 1. The Balaban J connectivity index is 2.34. The zero-order chi connectivity index (χ0) is 15.6. The number of benzene rings is 1. The van der Waals surface area contributed by atoms with E-state index in [4.69, 9.17) is 15.2 Å². The van der Waals surface area contributed by atoms with Crippen molar-refractivity contribution in [3.05, 3.63) is 17.7 Å². The zero-order valence-corrected chi connectivity index (χ0v) is 13.7. The molecule has 5 nitrogen and oxygen atoms in total. The molecule has 1 aliphatic heterocycles. The fraction of sp³-hybridized carbons (Fsp3) is 0.533. The van der Waals surface area contributed by atoms with Crippen molar-refractivity contribution in [1.29, 1.82) is 0 Å². The third-order valence-corrected chi connectivity index (χ3v) is 5.27. The molecule has 0 aliphatic carbocycles. The van der Waals surface area contributed by atoms with E-state index >= 15 is 0 Å². The summed E-state index contributed by atoms with van der Waals surface area (Å²) in [6.45, 7) is 4.96. The van der Waals surface area contributed by atoms with Gasteiger partial charge in [-0.3, -0.25) is 4.79 Å². The molecule has 1 saturated heterocycles. The van der Waals surface area contributed by atoms with Crippen molar-refractivity contribution in [3.8, 4) is 11.5 Å². The molecule has 2 unspecified atom stereocenters. The Morgan fingerprint density at radius 1 is 1.29 bits per heavy atom. The van der Waals surface area contributed by atoms with Gasteiger partial charge in [-0.15, -0.1) is 0 Å². The van der Waals surface area contributed by atoms with Gasteiger partial charge in [-0.1, -0.05) is 6.92 Å². The zero-order valence-electron chi connectivity index (χ0n) is 12.9. The summed E-state index contributed by atoms with van der Waals surface area (Å²) in [6, 6.07) is 3.48. The first-order chi connectivity index (χ1) is 9.99. The van der Waals surface area contributed by atoms with Crippen LogP contribution in [-0.4, -0.2) is 48.6 Å². The standard InChI is InChI=1S/C15H22N2O3S/c1-9-10(2)21-6-5-17(9)15(18)11-7-13(19-3)14(20-4)8-12(11)16/h7-10H,5-6,16H2,1-4H3. The summed E-state index contributed by atoms with van der Waals surface area (Å²) in [6.07, 6.45) is 0. The van der Waals surface area contributed by atoms with E-state index in [1.165, 1.54) is 0 Å². The number of methoxy groups -OCH3 is 2. The van der Waals surface area contributed by atoms with Crippen molar-refractivity contribution in [2.24, 2.45) is 0 Å². The van der Waals surface area contributed by atoms with Crippen LogP contribution in [0.15, 0.2) is 12.1 Å². The number of nitrogens with zero attached hydrogens (tertiary/aromatic N) is 1. The van der Waals surface area contributed by atoms with Crippen molar-refractivity contribution in [2.75, 3.05) is 32.3 Å². The second-order valence-corrected chi connectivity index (χ2v) is 6.59. The molecule has 0 spiro atoms. The number of thioether (sulfide) groups is 1. The van der Waals surface area contributed by atoms with Crippen LogP contribution in [0.2, 0.25) is 0 Å². The Kier molecular flexibility index (Phi) is 4.88. The molecule has 1 aliphatic rings. The minimum Gasteiger partial charge on any atom is -0.493 e. The van der Waals surface area contributed by atoms with Gasteiger partial charge >= 0.3 is 0 Å². The van der Waals surface area contributed by atoms with Crippen molar-refractivity contribution in [2.45, 2.75) is 25.1 Å². The largest absolute Gasteiger partial charge is 0.493 e. The normalized spacial score (nSPS) is 22.0. The molecule has 1 aromatic carbocycles. The number of ether oxygens (including phenoxy) is 2. The van der Waals surface area contributed by atoms with Crippen LogP contribution < -0.4 is 15.2 Å². The van der Waals surface area contributed by atoms with E-state index in [-0.39, 0.29) is 11.9 Å². The molecule has 1 aromatic rings. The summed E-state index contributed by atoms with van der Waals surface area (Å²) < 4.78 is 10.5. The van der Waals surface area contributed by atoms with Crippen LogP contribution in [0.3, 0.4) is 0 Å². The first-order valence-electron chi connectivity index (χ1n) is 6.93. The van der Waals surface area contributed by atoms with Crippen LogP contribution >= 0.6 is 11.8 Å². The highest BCUT2D eigenvalue weighted by Gasteiger charge is 2.30. The summed E-state index contributed by atoms with van der Waals surface area (Å²) in [4.78, 5) is 14.7. The number of amides is 1. The lowest BCUT2D eigenvalue weighted by atomic mass is 10.1. The van der Waals surface area contributed by atoms with Crippen molar-refractivity contribution in [1.82, 2.24) is 4.90 Å². The maximum atomic E-state index is 12.8. The Hall–Kier alpha value is -1.56. The molecule has 0 saturated carbocycles. The molecule has 2 N–H and O–H groups in total. The summed E-state index contributed by atoms with van der Waals surface area (Å²) in [5.41, 5.74) is 6.90. The molecule has 0 radical (unpaired) electrons. The summed E-state index contributed by atoms with van der Waals surface area (Å²) in [5, 5.41) is 0.420. The number of nitrogens with two attached hydrogens (primary N) is 1. The molecular weight excluding hydrogens is 288 g/mol. The van der Waals surface area contributed by atoms with Gasteiger partial charge in [0.25, 0.3) is 5.91 Å². The van der Waals surface area contributed by atoms with E-state index in [9.17, 15) is 4.79 Å².